The standard InChI is InChI=1S/C29H34N8O2/c1-16(2)15-39-22-12-20(37-9-7-32-8-10-37)5-6-21(22)28-35-26-25(19(13-30)14-33-29(26)36-28)34-24-18-4-3-17(11-18)23(24)27(31)38/h3-6,12,14,16-18,23-24,32H,7-11,15H2,1-2H3,(H2,31,38)(H2,33,34,35,36)/t17-,18+,23+,24-/m1/s1. The van der Waals surface area contributed by atoms with E-state index in [1.807, 2.05) is 6.07 Å². The summed E-state index contributed by atoms with van der Waals surface area (Å²) >= 11 is 0. The average Bonchev–Trinajstić information content (AvgIpc) is 3.67. The van der Waals surface area contributed by atoms with Crippen molar-refractivity contribution in [3.8, 4) is 23.2 Å². The van der Waals surface area contributed by atoms with Crippen molar-refractivity contribution in [2.24, 2.45) is 29.4 Å². The third-order valence-corrected chi connectivity index (χ3v) is 8.01. The topological polar surface area (TPSA) is 145 Å². The van der Waals surface area contributed by atoms with Gasteiger partial charge in [-0.05, 0) is 36.3 Å². The van der Waals surface area contributed by atoms with Gasteiger partial charge in [0.15, 0.2) is 5.65 Å². The van der Waals surface area contributed by atoms with Crippen LogP contribution in [0.15, 0.2) is 36.5 Å². The molecule has 3 heterocycles. The Morgan fingerprint density at radius 2 is 2.08 bits per heavy atom. The molecule has 4 atom stereocenters. The van der Waals surface area contributed by atoms with Crippen molar-refractivity contribution < 1.29 is 9.53 Å². The first kappa shape index (κ1) is 25.2. The lowest BCUT2D eigenvalue weighted by Crippen LogP contribution is -2.43. The number of anilines is 2. The molecule has 3 aliphatic rings. The van der Waals surface area contributed by atoms with E-state index in [1.165, 1.54) is 6.20 Å². The van der Waals surface area contributed by atoms with Crippen molar-refractivity contribution in [1.82, 2.24) is 20.3 Å². The van der Waals surface area contributed by atoms with Gasteiger partial charge in [0.2, 0.25) is 5.91 Å². The molecule has 2 fully saturated rings. The molecule has 2 aliphatic carbocycles. The molecule has 2 bridgehead atoms. The van der Waals surface area contributed by atoms with Crippen LogP contribution in [0.4, 0.5) is 11.4 Å². The van der Waals surface area contributed by atoms with Crippen molar-refractivity contribution in [3.05, 3.63) is 42.1 Å². The van der Waals surface area contributed by atoms with Gasteiger partial charge in [0.25, 0.3) is 0 Å². The molecule has 3 aromatic rings. The Labute approximate surface area is 227 Å². The second-order valence-electron chi connectivity index (χ2n) is 11.1. The Bertz CT molecular complexity index is 1470. The van der Waals surface area contributed by atoms with Crippen LogP contribution in [0.2, 0.25) is 0 Å². The summed E-state index contributed by atoms with van der Waals surface area (Å²) in [5.74, 6) is 1.38. The molecule has 6 rings (SSSR count). The Morgan fingerprint density at radius 1 is 1.28 bits per heavy atom. The number of imidazole rings is 1. The number of fused-ring (bicyclic) bond motifs is 3. The van der Waals surface area contributed by atoms with Gasteiger partial charge in [-0.1, -0.05) is 26.0 Å². The average molecular weight is 527 g/mol. The number of rotatable bonds is 8. The molecule has 10 nitrogen and oxygen atoms in total. The largest absolute Gasteiger partial charge is 0.492 e. The first-order valence-electron chi connectivity index (χ1n) is 13.7. The number of hydrogen-bond acceptors (Lipinski definition) is 8. The Morgan fingerprint density at radius 3 is 2.82 bits per heavy atom. The van der Waals surface area contributed by atoms with Crippen LogP contribution in [0.5, 0.6) is 5.75 Å². The van der Waals surface area contributed by atoms with E-state index in [-0.39, 0.29) is 29.7 Å². The number of nitrogens with zero attached hydrogens (tertiary/aromatic N) is 4. The highest BCUT2D eigenvalue weighted by atomic mass is 16.5. The number of primary amides is 1. The molecular formula is C29H34N8O2. The maximum atomic E-state index is 12.3. The molecule has 0 radical (unpaired) electrons. The van der Waals surface area contributed by atoms with E-state index in [0.29, 0.717) is 40.8 Å². The summed E-state index contributed by atoms with van der Waals surface area (Å²) in [6.07, 6.45) is 6.64. The number of nitrogens with two attached hydrogens (primary N) is 1. The fraction of sp³-hybridized carbons (Fsp3) is 0.448. The predicted molar refractivity (Wildman–Crippen MR) is 150 cm³/mol. The van der Waals surface area contributed by atoms with Crippen LogP contribution >= 0.6 is 0 Å². The van der Waals surface area contributed by atoms with Gasteiger partial charge in [0, 0.05) is 50.2 Å². The summed E-state index contributed by atoms with van der Waals surface area (Å²) in [6.45, 7) is 8.60. The number of hydrogen-bond donors (Lipinski definition) is 4. The van der Waals surface area contributed by atoms with E-state index in [0.717, 1.165) is 49.6 Å². The number of carbonyl (C=O) groups excluding carboxylic acids is 1. The van der Waals surface area contributed by atoms with Gasteiger partial charge in [-0.2, -0.15) is 5.26 Å². The normalized spacial score (nSPS) is 23.9. The number of piperazine rings is 1. The number of nitrogens with one attached hydrogen (secondary N) is 3. The van der Waals surface area contributed by atoms with Crippen molar-refractivity contribution in [2.75, 3.05) is 43.0 Å². The highest BCUT2D eigenvalue weighted by Gasteiger charge is 2.47. The molecule has 5 N–H and O–H groups in total. The lowest BCUT2D eigenvalue weighted by atomic mass is 9.88. The highest BCUT2D eigenvalue weighted by molar-refractivity contribution is 5.92. The van der Waals surface area contributed by atoms with Crippen LogP contribution in [0.25, 0.3) is 22.6 Å². The van der Waals surface area contributed by atoms with Crippen LogP contribution in [0.3, 0.4) is 0 Å². The van der Waals surface area contributed by atoms with E-state index in [1.54, 1.807) is 0 Å². The number of pyridine rings is 1. The number of aromatic nitrogens is 3. The summed E-state index contributed by atoms with van der Waals surface area (Å²) < 4.78 is 6.29. The first-order chi connectivity index (χ1) is 18.9. The summed E-state index contributed by atoms with van der Waals surface area (Å²) in [5.41, 5.74) is 9.83. The molecule has 202 valence electrons. The minimum atomic E-state index is -0.328. The molecule has 2 aromatic heterocycles. The van der Waals surface area contributed by atoms with E-state index < -0.39 is 0 Å². The fourth-order valence-corrected chi connectivity index (χ4v) is 6.09. The number of aromatic amines is 1. The van der Waals surface area contributed by atoms with E-state index >= 15 is 0 Å². The molecule has 1 amide bonds. The van der Waals surface area contributed by atoms with Crippen molar-refractivity contribution in [3.63, 3.8) is 0 Å². The number of amides is 1. The van der Waals surface area contributed by atoms with Crippen molar-refractivity contribution in [2.45, 2.75) is 26.3 Å². The van der Waals surface area contributed by atoms with Gasteiger partial charge in [-0.3, -0.25) is 4.79 Å². The maximum absolute atomic E-state index is 12.3. The molecule has 0 unspecified atom stereocenters. The quantitative estimate of drug-likeness (QED) is 0.328. The fourth-order valence-electron chi connectivity index (χ4n) is 6.09. The maximum Gasteiger partial charge on any atom is 0.223 e. The molecule has 1 aromatic carbocycles. The van der Waals surface area contributed by atoms with Gasteiger partial charge in [-0.25, -0.2) is 9.97 Å². The number of benzene rings is 1. The Hall–Kier alpha value is -4.10. The molecule has 0 spiro atoms. The minimum absolute atomic E-state index is 0.125. The van der Waals surface area contributed by atoms with E-state index in [2.05, 4.69) is 69.7 Å². The lowest BCUT2D eigenvalue weighted by Gasteiger charge is -2.30. The second-order valence-corrected chi connectivity index (χ2v) is 11.1. The van der Waals surface area contributed by atoms with Crippen molar-refractivity contribution in [1.29, 1.82) is 5.26 Å². The lowest BCUT2D eigenvalue weighted by molar-refractivity contribution is -0.122. The van der Waals surface area contributed by atoms with Crippen LogP contribution in [-0.2, 0) is 4.79 Å². The molecule has 1 aliphatic heterocycles. The minimum Gasteiger partial charge on any atom is -0.492 e. The summed E-state index contributed by atoms with van der Waals surface area (Å²) in [6, 6.07) is 8.27. The zero-order chi connectivity index (χ0) is 27.1. The van der Waals surface area contributed by atoms with E-state index in [9.17, 15) is 10.1 Å². The van der Waals surface area contributed by atoms with Crippen LogP contribution in [0, 0.1) is 35.0 Å². The zero-order valence-electron chi connectivity index (χ0n) is 22.3. The smallest absolute Gasteiger partial charge is 0.223 e. The Kier molecular flexibility index (Phi) is 6.61. The third kappa shape index (κ3) is 4.68. The third-order valence-electron chi connectivity index (χ3n) is 8.01. The number of allylic oxidation sites excluding steroid dienone is 1. The van der Waals surface area contributed by atoms with Crippen LogP contribution in [-0.4, -0.2) is 59.7 Å². The highest BCUT2D eigenvalue weighted by Crippen LogP contribution is 2.46. The molecule has 1 saturated heterocycles. The molecule has 10 heteroatoms. The van der Waals surface area contributed by atoms with E-state index in [4.69, 9.17) is 15.5 Å². The summed E-state index contributed by atoms with van der Waals surface area (Å²) in [5, 5.41) is 16.8. The number of ether oxygens (including phenoxy) is 1. The van der Waals surface area contributed by atoms with Crippen molar-refractivity contribution >= 4 is 28.4 Å². The molecule has 39 heavy (non-hydrogen) atoms. The van der Waals surface area contributed by atoms with Crippen LogP contribution < -0.4 is 26.0 Å². The Balaban J connectivity index is 1.39. The number of H-pyrrole nitrogens is 1. The first-order valence-corrected chi connectivity index (χ1v) is 13.7. The predicted octanol–water partition coefficient (Wildman–Crippen LogP) is 3.03. The second kappa shape index (κ2) is 10.2. The van der Waals surface area contributed by atoms with Gasteiger partial charge >= 0.3 is 0 Å². The zero-order valence-corrected chi connectivity index (χ0v) is 22.3. The summed E-state index contributed by atoms with van der Waals surface area (Å²) in [7, 11) is 0. The number of nitriles is 1. The van der Waals surface area contributed by atoms with Gasteiger partial charge in [-0.15, -0.1) is 0 Å². The molecular weight excluding hydrogens is 492 g/mol. The van der Waals surface area contributed by atoms with Gasteiger partial charge < -0.3 is 31.0 Å². The van der Waals surface area contributed by atoms with Gasteiger partial charge in [0.05, 0.1) is 29.3 Å². The van der Waals surface area contributed by atoms with Gasteiger partial charge in [0.1, 0.15) is 23.2 Å². The summed E-state index contributed by atoms with van der Waals surface area (Å²) in [4.78, 5) is 27.4. The number of carbonyl (C=O) groups is 1. The molecule has 1 saturated carbocycles. The van der Waals surface area contributed by atoms with Crippen LogP contribution in [0.1, 0.15) is 25.8 Å². The SMILES string of the molecule is CC(C)COc1cc(N2CCNCC2)ccc1-c1nc2ncc(C#N)c(N[C@H]3[C@@H](C(N)=O)[C@@H]4C=C[C@H]3C4)c2[nH]1. The monoisotopic (exact) mass is 526 g/mol.